The normalized spacial score (nSPS) is 12.0. The van der Waals surface area contributed by atoms with Crippen LogP contribution in [0.5, 0.6) is 5.75 Å². The molecule has 2 radical (unpaired) electrons. The molecule has 8 heteroatoms. The van der Waals surface area contributed by atoms with Gasteiger partial charge in [0, 0.05) is 24.2 Å². The number of esters is 1. The van der Waals surface area contributed by atoms with E-state index < -0.39 is 12.0 Å². The van der Waals surface area contributed by atoms with Gasteiger partial charge in [-0.15, -0.1) is 0 Å². The fourth-order valence-electron chi connectivity index (χ4n) is 2.43. The molecule has 0 bridgehead atoms. The number of rotatable bonds is 5. The maximum atomic E-state index is 11.9. The maximum absolute atomic E-state index is 11.9. The Balaban J connectivity index is 2.46. The Labute approximate surface area is 143 Å². The molecule has 0 saturated heterocycles. The second-order valence-corrected chi connectivity index (χ2v) is 5.88. The van der Waals surface area contributed by atoms with Gasteiger partial charge < -0.3 is 19.8 Å². The van der Waals surface area contributed by atoms with E-state index in [1.165, 1.54) is 14.0 Å². The van der Waals surface area contributed by atoms with E-state index in [2.05, 4.69) is 26.2 Å². The highest BCUT2D eigenvalue weighted by atomic mass is 79.9. The highest BCUT2D eigenvalue weighted by Crippen LogP contribution is 2.31. The van der Waals surface area contributed by atoms with Crippen molar-refractivity contribution in [3.63, 3.8) is 0 Å². The number of aromatic nitrogens is 1. The third-order valence-corrected chi connectivity index (χ3v) is 4.10. The average molecular weight is 379 g/mol. The molecule has 0 saturated carbocycles. The number of halogens is 1. The van der Waals surface area contributed by atoms with Crippen LogP contribution in [0.4, 0.5) is 0 Å². The van der Waals surface area contributed by atoms with Gasteiger partial charge in [0.25, 0.3) is 0 Å². The first-order chi connectivity index (χ1) is 10.9. The zero-order valence-electron chi connectivity index (χ0n) is 13.0. The van der Waals surface area contributed by atoms with Crippen LogP contribution in [0.2, 0.25) is 0 Å². The highest BCUT2D eigenvalue weighted by Gasteiger charge is 2.23. The third kappa shape index (κ3) is 3.69. The topological polar surface area (TPSA) is 80.4 Å². The summed E-state index contributed by atoms with van der Waals surface area (Å²) in [5, 5.41) is 3.40. The van der Waals surface area contributed by atoms with Crippen LogP contribution < -0.4 is 15.6 Å². The van der Waals surface area contributed by atoms with Gasteiger partial charge in [-0.3, -0.25) is 4.79 Å². The van der Waals surface area contributed by atoms with Crippen LogP contribution in [0.1, 0.15) is 12.5 Å². The first-order valence-electron chi connectivity index (χ1n) is 6.85. The van der Waals surface area contributed by atoms with E-state index in [1.807, 2.05) is 12.1 Å². The lowest BCUT2D eigenvalue weighted by molar-refractivity contribution is -0.144. The lowest BCUT2D eigenvalue weighted by atomic mass is 9.93. The van der Waals surface area contributed by atoms with E-state index in [-0.39, 0.29) is 12.3 Å². The smallest absolute Gasteiger partial charge is 0.328 e. The predicted octanol–water partition coefficient (Wildman–Crippen LogP) is 0.953. The molecule has 2 rings (SSSR count). The molecular formula is C15H16BBrN2O4. The molecule has 6 nitrogen and oxygen atoms in total. The Morgan fingerprint density at radius 2 is 2.09 bits per heavy atom. The Morgan fingerprint density at radius 3 is 2.65 bits per heavy atom. The minimum absolute atomic E-state index is 0.211. The summed E-state index contributed by atoms with van der Waals surface area (Å²) in [6, 6.07) is 2.86. The van der Waals surface area contributed by atoms with Crippen LogP contribution in [-0.2, 0) is 20.7 Å². The van der Waals surface area contributed by atoms with Crippen LogP contribution in [0.15, 0.2) is 16.6 Å². The highest BCUT2D eigenvalue weighted by molar-refractivity contribution is 9.10. The Hall–Kier alpha value is -1.96. The molecule has 0 spiro atoms. The molecule has 120 valence electrons. The minimum Gasteiger partial charge on any atom is -0.496 e. The van der Waals surface area contributed by atoms with Gasteiger partial charge in [-0.1, -0.05) is 0 Å². The molecule has 2 N–H and O–H groups in total. The molecular weight excluding hydrogens is 363 g/mol. The van der Waals surface area contributed by atoms with Crippen molar-refractivity contribution in [1.29, 1.82) is 0 Å². The van der Waals surface area contributed by atoms with Gasteiger partial charge in [0.1, 0.15) is 19.6 Å². The summed E-state index contributed by atoms with van der Waals surface area (Å²) in [6.45, 7) is 1.34. The monoisotopic (exact) mass is 378 g/mol. The Morgan fingerprint density at radius 1 is 1.39 bits per heavy atom. The average Bonchev–Trinajstić information content (AvgIpc) is 2.79. The largest absolute Gasteiger partial charge is 0.496 e. The number of hydrogen-bond acceptors (Lipinski definition) is 4. The molecule has 0 aliphatic carbocycles. The number of carbonyl (C=O) groups excluding carboxylic acids is 2. The first-order valence-corrected chi connectivity index (χ1v) is 7.65. The summed E-state index contributed by atoms with van der Waals surface area (Å²) in [4.78, 5) is 26.3. The Bertz CT molecular complexity index is 760. The van der Waals surface area contributed by atoms with Crippen molar-refractivity contribution < 1.29 is 19.1 Å². The fourth-order valence-corrected chi connectivity index (χ4v) is 2.94. The minimum atomic E-state index is -0.812. The summed E-state index contributed by atoms with van der Waals surface area (Å²) in [5.41, 5.74) is 1.95. The van der Waals surface area contributed by atoms with E-state index in [9.17, 15) is 9.59 Å². The number of aromatic amines is 1. The summed E-state index contributed by atoms with van der Waals surface area (Å²) in [5.74, 6) is -0.205. The van der Waals surface area contributed by atoms with Crippen molar-refractivity contribution in [2.75, 3.05) is 14.2 Å². The van der Waals surface area contributed by atoms with E-state index in [4.69, 9.17) is 17.3 Å². The molecule has 2 aromatic rings. The van der Waals surface area contributed by atoms with Crippen LogP contribution in [0.3, 0.4) is 0 Å². The second-order valence-electron chi connectivity index (χ2n) is 5.03. The molecule has 0 fully saturated rings. The fraction of sp³-hybridized carbons (Fsp3) is 0.333. The number of benzene rings is 1. The third-order valence-electron chi connectivity index (χ3n) is 3.48. The van der Waals surface area contributed by atoms with Crippen molar-refractivity contribution in [2.24, 2.45) is 0 Å². The first kappa shape index (κ1) is 17.4. The number of fused-ring (bicyclic) bond motifs is 1. The SMILES string of the molecule is [B]c1[nH]c2cc(Br)c(OC)cc2c1C[C@H](NC(C)=O)C(=O)OC. The van der Waals surface area contributed by atoms with E-state index >= 15 is 0 Å². The molecule has 0 unspecified atom stereocenters. The van der Waals surface area contributed by atoms with Gasteiger partial charge in [-0.05, 0) is 39.2 Å². The number of H-pyrrole nitrogens is 1. The summed E-state index contributed by atoms with van der Waals surface area (Å²) < 4.78 is 10.8. The number of amides is 1. The zero-order valence-corrected chi connectivity index (χ0v) is 14.6. The van der Waals surface area contributed by atoms with E-state index in [1.54, 1.807) is 7.11 Å². The van der Waals surface area contributed by atoms with Gasteiger partial charge in [-0.2, -0.15) is 0 Å². The molecule has 1 aromatic carbocycles. The van der Waals surface area contributed by atoms with E-state index in [0.717, 1.165) is 20.9 Å². The summed E-state index contributed by atoms with van der Waals surface area (Å²) in [6.07, 6.45) is 0.211. The number of carbonyl (C=O) groups is 2. The van der Waals surface area contributed by atoms with Crippen molar-refractivity contribution >= 4 is 52.1 Å². The molecule has 1 amide bonds. The number of ether oxygens (including phenoxy) is 2. The number of hydrogen-bond donors (Lipinski definition) is 2. The van der Waals surface area contributed by atoms with Gasteiger partial charge in [-0.25, -0.2) is 4.79 Å². The Kier molecular flexibility index (Phi) is 5.36. The van der Waals surface area contributed by atoms with Crippen molar-refractivity contribution in [3.05, 3.63) is 22.2 Å². The molecule has 23 heavy (non-hydrogen) atoms. The van der Waals surface area contributed by atoms with Crippen molar-refractivity contribution in [3.8, 4) is 5.75 Å². The van der Waals surface area contributed by atoms with Gasteiger partial charge in [0.05, 0.1) is 18.7 Å². The van der Waals surface area contributed by atoms with Crippen molar-refractivity contribution in [1.82, 2.24) is 10.3 Å². The molecule has 1 heterocycles. The number of nitrogens with one attached hydrogen (secondary N) is 2. The lowest BCUT2D eigenvalue weighted by Gasteiger charge is -2.16. The standard InChI is InChI=1S/C15H16BBrN2O4/c1-7(20)18-12(15(21)23-3)4-9-8-5-13(22-2)10(17)6-11(8)19-14(9)16/h5-6,12,19H,4H2,1-3H3,(H,18,20)/t12-/m0/s1. The zero-order chi connectivity index (χ0) is 17.1. The maximum Gasteiger partial charge on any atom is 0.328 e. The van der Waals surface area contributed by atoms with Crippen LogP contribution >= 0.6 is 15.9 Å². The number of methoxy groups -OCH3 is 2. The lowest BCUT2D eigenvalue weighted by Crippen LogP contribution is -2.42. The summed E-state index contributed by atoms with van der Waals surface area (Å²) >= 11 is 3.41. The summed E-state index contributed by atoms with van der Waals surface area (Å²) in [7, 11) is 8.88. The second kappa shape index (κ2) is 7.08. The van der Waals surface area contributed by atoms with Gasteiger partial charge >= 0.3 is 5.97 Å². The van der Waals surface area contributed by atoms with Gasteiger partial charge in [0.2, 0.25) is 5.91 Å². The van der Waals surface area contributed by atoms with Gasteiger partial charge in [0.15, 0.2) is 0 Å². The van der Waals surface area contributed by atoms with E-state index in [0.29, 0.717) is 11.3 Å². The van der Waals surface area contributed by atoms with Crippen LogP contribution in [-0.4, -0.2) is 45.0 Å². The molecule has 0 aliphatic rings. The van der Waals surface area contributed by atoms with Crippen LogP contribution in [0.25, 0.3) is 10.9 Å². The van der Waals surface area contributed by atoms with Crippen LogP contribution in [0, 0.1) is 0 Å². The quantitative estimate of drug-likeness (QED) is 0.599. The predicted molar refractivity (Wildman–Crippen MR) is 91.3 cm³/mol. The molecule has 1 aromatic heterocycles. The molecule has 1 atom stereocenters. The van der Waals surface area contributed by atoms with Crippen molar-refractivity contribution in [2.45, 2.75) is 19.4 Å². The molecule has 0 aliphatic heterocycles.